The molecule has 0 fully saturated rings. The van der Waals surface area contributed by atoms with Crippen LogP contribution in [0.15, 0.2) is 107 Å². The fourth-order valence-corrected chi connectivity index (χ4v) is 4.54. The number of nitrogens with zero attached hydrogens (tertiary/aromatic N) is 2. The number of rotatable bonds is 7. The molecule has 1 aromatic heterocycles. The normalized spacial score (nSPS) is 12.2. The minimum atomic E-state index is -0.160. The van der Waals surface area contributed by atoms with E-state index >= 15 is 0 Å². The zero-order valence-electron chi connectivity index (χ0n) is 20.8. The maximum Gasteiger partial charge on any atom is 0.251 e. The number of nitrogens with one attached hydrogen (secondary N) is 2. The number of aromatic nitrogens is 1. The molecule has 0 aliphatic heterocycles. The Morgan fingerprint density at radius 1 is 0.892 bits per heavy atom. The van der Waals surface area contributed by atoms with Crippen LogP contribution in [0.3, 0.4) is 0 Å². The van der Waals surface area contributed by atoms with Gasteiger partial charge in [-0.3, -0.25) is 4.79 Å². The summed E-state index contributed by atoms with van der Waals surface area (Å²) in [4.78, 5) is 16.1. The second-order valence-corrected chi connectivity index (χ2v) is 9.20. The first-order valence-corrected chi connectivity index (χ1v) is 12.2. The summed E-state index contributed by atoms with van der Waals surface area (Å²) in [6, 6.07) is 30.9. The van der Waals surface area contributed by atoms with Gasteiger partial charge in [-0.1, -0.05) is 72.3 Å². The predicted octanol–water partition coefficient (Wildman–Crippen LogP) is 7.62. The van der Waals surface area contributed by atoms with Gasteiger partial charge in [0, 0.05) is 10.9 Å². The number of H-pyrrole nitrogens is 1. The zero-order chi connectivity index (χ0) is 25.8. The molecule has 3 N–H and O–H groups in total. The smallest absolute Gasteiger partial charge is 0.251 e. The average Bonchev–Trinajstić information content (AvgIpc) is 3.23. The minimum absolute atomic E-state index is 0.0196. The first-order chi connectivity index (χ1) is 18.0. The van der Waals surface area contributed by atoms with E-state index in [9.17, 15) is 9.90 Å². The van der Waals surface area contributed by atoms with E-state index in [0.29, 0.717) is 23.4 Å². The highest BCUT2D eigenvalue weighted by atomic mass is 16.3. The fourth-order valence-electron chi connectivity index (χ4n) is 4.54. The van der Waals surface area contributed by atoms with Crippen molar-refractivity contribution in [2.75, 3.05) is 0 Å². The van der Waals surface area contributed by atoms with Crippen LogP contribution in [0.25, 0.3) is 10.9 Å². The van der Waals surface area contributed by atoms with Gasteiger partial charge in [-0.05, 0) is 67.3 Å². The average molecular weight is 489 g/mol. The van der Waals surface area contributed by atoms with Crippen LogP contribution in [-0.2, 0) is 6.42 Å². The number of carbonyl (C=O) groups excluding carboxylic acids is 1. The number of hydrogen-bond donors (Lipinski definition) is 3. The highest BCUT2D eigenvalue weighted by Gasteiger charge is 2.17. The molecule has 1 unspecified atom stereocenters. The van der Waals surface area contributed by atoms with Crippen LogP contribution in [0, 0.1) is 13.8 Å². The molecule has 0 saturated heterocycles. The van der Waals surface area contributed by atoms with Crippen molar-refractivity contribution in [3.8, 4) is 5.88 Å². The van der Waals surface area contributed by atoms with E-state index in [1.807, 2.05) is 74.5 Å². The summed E-state index contributed by atoms with van der Waals surface area (Å²) in [5.74, 6) is -0.178. The lowest BCUT2D eigenvalue weighted by Crippen LogP contribution is -2.29. The number of amides is 1. The summed E-state index contributed by atoms with van der Waals surface area (Å²) in [7, 11) is 0. The van der Waals surface area contributed by atoms with Crippen molar-refractivity contribution in [2.24, 2.45) is 10.2 Å². The Balaban J connectivity index is 1.33. The molecule has 5 aromatic rings. The van der Waals surface area contributed by atoms with Crippen LogP contribution >= 0.6 is 0 Å². The van der Waals surface area contributed by atoms with Crippen LogP contribution < -0.4 is 5.32 Å². The molecule has 1 amide bonds. The molecular weight excluding hydrogens is 460 g/mol. The number of fused-ring (bicyclic) bond motifs is 1. The standard InChI is InChI=1S/C31H28N4O2/c1-20-17-21(2)28-26(18-20)29(31(37)33-28)35-34-25-15-13-24(14-16-25)30(36)32-27(23-11-7-4-8-12-23)19-22-9-5-3-6-10-22/h3-18,27,33,37H,19H2,1-2H3,(H,32,36). The maximum atomic E-state index is 13.1. The Labute approximate surface area is 215 Å². The highest BCUT2D eigenvalue weighted by Crippen LogP contribution is 2.38. The lowest BCUT2D eigenvalue weighted by atomic mass is 9.98. The van der Waals surface area contributed by atoms with Crippen LogP contribution in [-0.4, -0.2) is 16.0 Å². The summed E-state index contributed by atoms with van der Waals surface area (Å²) < 4.78 is 0. The van der Waals surface area contributed by atoms with Crippen molar-refractivity contribution in [1.82, 2.24) is 10.3 Å². The van der Waals surface area contributed by atoms with Crippen molar-refractivity contribution >= 4 is 28.2 Å². The number of carbonyl (C=O) groups is 1. The second kappa shape index (κ2) is 10.5. The van der Waals surface area contributed by atoms with Crippen LogP contribution in [0.4, 0.5) is 11.4 Å². The third kappa shape index (κ3) is 5.43. The van der Waals surface area contributed by atoms with E-state index in [0.717, 1.165) is 33.2 Å². The van der Waals surface area contributed by atoms with Gasteiger partial charge in [-0.2, -0.15) is 5.11 Å². The summed E-state index contributed by atoms with van der Waals surface area (Å²) >= 11 is 0. The van der Waals surface area contributed by atoms with Crippen LogP contribution in [0.5, 0.6) is 5.88 Å². The third-order valence-electron chi connectivity index (χ3n) is 6.39. The van der Waals surface area contributed by atoms with Gasteiger partial charge in [0.05, 0.1) is 17.2 Å². The molecule has 0 aliphatic carbocycles. The molecule has 0 radical (unpaired) electrons. The SMILES string of the molecule is Cc1cc(C)c2[nH]c(O)c(N=Nc3ccc(C(=O)NC(Cc4ccccc4)c4ccccc4)cc3)c2c1. The molecule has 0 spiro atoms. The largest absolute Gasteiger partial charge is 0.493 e. The molecule has 6 nitrogen and oxygen atoms in total. The van der Waals surface area contributed by atoms with Gasteiger partial charge >= 0.3 is 0 Å². The Bertz CT molecular complexity index is 1560. The lowest BCUT2D eigenvalue weighted by molar-refractivity contribution is 0.0936. The molecule has 37 heavy (non-hydrogen) atoms. The number of aromatic hydroxyl groups is 1. The molecule has 5 rings (SSSR count). The molecular formula is C31H28N4O2. The Kier molecular flexibility index (Phi) is 6.81. The monoisotopic (exact) mass is 488 g/mol. The van der Waals surface area contributed by atoms with Gasteiger partial charge in [0.25, 0.3) is 5.91 Å². The molecule has 184 valence electrons. The van der Waals surface area contributed by atoms with E-state index in [1.54, 1.807) is 24.3 Å². The van der Waals surface area contributed by atoms with Gasteiger partial charge in [-0.15, -0.1) is 5.11 Å². The first-order valence-electron chi connectivity index (χ1n) is 12.2. The molecule has 6 heteroatoms. The molecule has 0 bridgehead atoms. The Morgan fingerprint density at radius 3 is 2.27 bits per heavy atom. The van der Waals surface area contributed by atoms with Gasteiger partial charge in [-0.25, -0.2) is 0 Å². The number of benzene rings is 4. The van der Waals surface area contributed by atoms with Gasteiger partial charge < -0.3 is 15.4 Å². The second-order valence-electron chi connectivity index (χ2n) is 9.20. The Hall–Kier alpha value is -4.71. The number of aryl methyl sites for hydroxylation is 2. The van der Waals surface area contributed by atoms with E-state index in [2.05, 4.69) is 32.7 Å². The third-order valence-corrected chi connectivity index (χ3v) is 6.39. The summed E-state index contributed by atoms with van der Waals surface area (Å²) in [5, 5.41) is 23.0. The van der Waals surface area contributed by atoms with Crippen molar-refractivity contribution in [3.05, 3.63) is 125 Å². The molecule has 0 aliphatic rings. The lowest BCUT2D eigenvalue weighted by Gasteiger charge is -2.19. The van der Waals surface area contributed by atoms with E-state index in [-0.39, 0.29) is 17.8 Å². The van der Waals surface area contributed by atoms with Gasteiger partial charge in [0.2, 0.25) is 5.88 Å². The highest BCUT2D eigenvalue weighted by molar-refractivity contribution is 5.96. The Morgan fingerprint density at radius 2 is 1.57 bits per heavy atom. The summed E-state index contributed by atoms with van der Waals surface area (Å²) in [6.07, 6.45) is 0.690. The van der Waals surface area contributed by atoms with Crippen LogP contribution in [0.1, 0.15) is 38.7 Å². The minimum Gasteiger partial charge on any atom is -0.493 e. The predicted molar refractivity (Wildman–Crippen MR) is 147 cm³/mol. The molecule has 1 heterocycles. The topological polar surface area (TPSA) is 89.8 Å². The number of hydrogen-bond acceptors (Lipinski definition) is 4. The number of aromatic amines is 1. The van der Waals surface area contributed by atoms with Crippen molar-refractivity contribution in [2.45, 2.75) is 26.3 Å². The molecule has 1 atom stereocenters. The van der Waals surface area contributed by atoms with Crippen molar-refractivity contribution in [1.29, 1.82) is 0 Å². The van der Waals surface area contributed by atoms with Gasteiger partial charge in [0.15, 0.2) is 5.69 Å². The fraction of sp³-hybridized carbons (Fsp3) is 0.129. The summed E-state index contributed by atoms with van der Waals surface area (Å²) in [6.45, 7) is 3.99. The van der Waals surface area contributed by atoms with E-state index in [1.165, 1.54) is 0 Å². The van der Waals surface area contributed by atoms with Gasteiger partial charge in [0.1, 0.15) is 0 Å². The van der Waals surface area contributed by atoms with Crippen molar-refractivity contribution in [3.63, 3.8) is 0 Å². The van der Waals surface area contributed by atoms with Crippen molar-refractivity contribution < 1.29 is 9.90 Å². The van der Waals surface area contributed by atoms with Crippen LogP contribution in [0.2, 0.25) is 0 Å². The quantitative estimate of drug-likeness (QED) is 0.206. The number of azo groups is 1. The van der Waals surface area contributed by atoms with E-state index < -0.39 is 0 Å². The molecule has 0 saturated carbocycles. The zero-order valence-corrected chi connectivity index (χ0v) is 20.8. The maximum absolute atomic E-state index is 13.1. The first kappa shape index (κ1) is 24.0. The summed E-state index contributed by atoms with van der Waals surface area (Å²) in [5.41, 5.74) is 6.67. The molecule has 4 aromatic carbocycles. The van der Waals surface area contributed by atoms with E-state index in [4.69, 9.17) is 0 Å².